The number of nitrogens with zero attached hydrogens (tertiary/aromatic N) is 7. The van der Waals surface area contributed by atoms with Gasteiger partial charge in [0.25, 0.3) is 0 Å². The number of fused-ring (bicyclic) bond motifs is 1. The maximum atomic E-state index is 14.9. The van der Waals surface area contributed by atoms with Crippen LogP contribution >= 0.6 is 0 Å². The average Bonchev–Trinajstić information content (AvgIpc) is 3.45. The predicted molar refractivity (Wildman–Crippen MR) is 129 cm³/mol. The third-order valence-corrected chi connectivity index (χ3v) is 7.26. The van der Waals surface area contributed by atoms with Crippen LogP contribution in [0.2, 0.25) is 0 Å². The van der Waals surface area contributed by atoms with Crippen molar-refractivity contribution in [2.45, 2.75) is 43.6 Å². The van der Waals surface area contributed by atoms with E-state index in [0.717, 1.165) is 12.3 Å². The van der Waals surface area contributed by atoms with Gasteiger partial charge in [0.2, 0.25) is 5.88 Å². The highest BCUT2D eigenvalue weighted by Crippen LogP contribution is 2.33. The Hall–Kier alpha value is -3.61. The monoisotopic (exact) mass is 515 g/mol. The van der Waals surface area contributed by atoms with Crippen molar-refractivity contribution in [1.82, 2.24) is 29.9 Å². The van der Waals surface area contributed by atoms with Crippen molar-refractivity contribution >= 4 is 26.9 Å². The summed E-state index contributed by atoms with van der Waals surface area (Å²) in [7, 11) is -1.87. The van der Waals surface area contributed by atoms with E-state index in [4.69, 9.17) is 9.26 Å². The van der Waals surface area contributed by atoms with Crippen LogP contribution in [0.3, 0.4) is 0 Å². The van der Waals surface area contributed by atoms with E-state index in [2.05, 4.69) is 25.2 Å². The number of sulfone groups is 1. The van der Waals surface area contributed by atoms with Gasteiger partial charge in [-0.15, -0.1) is 0 Å². The number of piperidine rings is 1. The molecule has 190 valence electrons. The van der Waals surface area contributed by atoms with Crippen LogP contribution in [0.15, 0.2) is 33.9 Å². The standard InChI is InChI=1S/C23H26FN7O4S/c1-13(2)21-27-23(35-29-21)31-9-7-14(8-10-31)34-22-19-18(25-12-26-22)20(30(3)28-19)16-6-5-15(11-17(16)24)36(4,32)33/h5-6,11-14H,7-10H2,1-4H3. The largest absolute Gasteiger partial charge is 0.473 e. The first-order valence-corrected chi connectivity index (χ1v) is 13.4. The molecule has 4 aromatic rings. The van der Waals surface area contributed by atoms with Crippen LogP contribution < -0.4 is 9.64 Å². The second-order valence-electron chi connectivity index (χ2n) is 9.16. The summed E-state index contributed by atoms with van der Waals surface area (Å²) in [6.45, 7) is 5.40. The summed E-state index contributed by atoms with van der Waals surface area (Å²) < 4.78 is 51.6. The van der Waals surface area contributed by atoms with Crippen LogP contribution in [0.25, 0.3) is 22.3 Å². The Morgan fingerprint density at radius 2 is 1.92 bits per heavy atom. The van der Waals surface area contributed by atoms with Crippen LogP contribution in [0.5, 0.6) is 5.88 Å². The van der Waals surface area contributed by atoms with Gasteiger partial charge >= 0.3 is 6.01 Å². The molecule has 0 saturated carbocycles. The smallest absolute Gasteiger partial charge is 0.324 e. The van der Waals surface area contributed by atoms with E-state index in [1.807, 2.05) is 18.7 Å². The highest BCUT2D eigenvalue weighted by Gasteiger charge is 2.27. The first-order valence-electron chi connectivity index (χ1n) is 11.5. The highest BCUT2D eigenvalue weighted by atomic mass is 32.2. The molecule has 0 aliphatic carbocycles. The Morgan fingerprint density at radius 3 is 2.56 bits per heavy atom. The summed E-state index contributed by atoms with van der Waals surface area (Å²) >= 11 is 0. The van der Waals surface area contributed by atoms with E-state index in [9.17, 15) is 12.8 Å². The number of aromatic nitrogens is 6. The molecular weight excluding hydrogens is 489 g/mol. The highest BCUT2D eigenvalue weighted by molar-refractivity contribution is 7.90. The van der Waals surface area contributed by atoms with Gasteiger partial charge in [-0.1, -0.05) is 19.0 Å². The molecule has 0 atom stereocenters. The molecule has 0 unspecified atom stereocenters. The van der Waals surface area contributed by atoms with Crippen LogP contribution in [-0.2, 0) is 16.9 Å². The van der Waals surface area contributed by atoms with Crippen molar-refractivity contribution in [1.29, 1.82) is 0 Å². The lowest BCUT2D eigenvalue weighted by Crippen LogP contribution is -2.38. The maximum absolute atomic E-state index is 14.9. The summed E-state index contributed by atoms with van der Waals surface area (Å²) in [6.07, 6.45) is 3.71. The Kier molecular flexibility index (Phi) is 6.10. The lowest BCUT2D eigenvalue weighted by Gasteiger charge is -2.30. The number of anilines is 1. The number of aryl methyl sites for hydroxylation is 1. The topological polar surface area (TPSA) is 129 Å². The van der Waals surface area contributed by atoms with E-state index in [0.29, 0.717) is 60.4 Å². The van der Waals surface area contributed by atoms with E-state index in [1.54, 1.807) is 7.05 Å². The van der Waals surface area contributed by atoms with Crippen molar-refractivity contribution in [3.8, 4) is 17.1 Å². The number of hydrogen-bond acceptors (Lipinski definition) is 10. The molecule has 1 aliphatic rings. The zero-order chi connectivity index (χ0) is 25.6. The lowest BCUT2D eigenvalue weighted by molar-refractivity contribution is 0.163. The van der Waals surface area contributed by atoms with Gasteiger partial charge in [0.05, 0.1) is 10.6 Å². The molecule has 1 saturated heterocycles. The van der Waals surface area contributed by atoms with Crippen molar-refractivity contribution in [2.75, 3.05) is 24.2 Å². The molecular formula is C23H26FN7O4S. The third kappa shape index (κ3) is 4.50. The summed E-state index contributed by atoms with van der Waals surface area (Å²) in [6, 6.07) is 4.30. The second-order valence-corrected chi connectivity index (χ2v) is 11.2. The van der Waals surface area contributed by atoms with Gasteiger partial charge in [-0.25, -0.2) is 17.8 Å². The van der Waals surface area contributed by atoms with E-state index < -0.39 is 15.7 Å². The molecule has 1 aromatic carbocycles. The molecule has 1 aliphatic heterocycles. The van der Waals surface area contributed by atoms with Gasteiger partial charge in [0.1, 0.15) is 23.8 Å². The van der Waals surface area contributed by atoms with Crippen LogP contribution in [0.4, 0.5) is 10.4 Å². The molecule has 0 bridgehead atoms. The molecule has 3 aromatic heterocycles. The third-order valence-electron chi connectivity index (χ3n) is 6.15. The number of rotatable bonds is 6. The summed E-state index contributed by atoms with van der Waals surface area (Å²) in [5, 5.41) is 8.51. The molecule has 5 rings (SSSR count). The number of halogens is 1. The van der Waals surface area contributed by atoms with Crippen molar-refractivity contribution in [3.05, 3.63) is 36.2 Å². The zero-order valence-corrected chi connectivity index (χ0v) is 21.2. The Bertz CT molecular complexity index is 1520. The Balaban J connectivity index is 1.37. The fourth-order valence-corrected chi connectivity index (χ4v) is 4.83. The summed E-state index contributed by atoms with van der Waals surface area (Å²) in [4.78, 5) is 15.0. The number of ether oxygens (including phenoxy) is 1. The molecule has 11 nitrogen and oxygen atoms in total. The maximum Gasteiger partial charge on any atom is 0.324 e. The number of hydrogen-bond donors (Lipinski definition) is 0. The van der Waals surface area contributed by atoms with Gasteiger partial charge in [-0.05, 0) is 18.2 Å². The van der Waals surface area contributed by atoms with Crippen LogP contribution in [0, 0.1) is 5.82 Å². The van der Waals surface area contributed by atoms with E-state index in [1.165, 1.54) is 23.1 Å². The minimum Gasteiger partial charge on any atom is -0.473 e. The zero-order valence-electron chi connectivity index (χ0n) is 20.3. The molecule has 0 radical (unpaired) electrons. The van der Waals surface area contributed by atoms with Gasteiger partial charge in [0, 0.05) is 50.7 Å². The minimum atomic E-state index is -3.54. The quantitative estimate of drug-likeness (QED) is 0.378. The second kappa shape index (κ2) is 9.12. The average molecular weight is 516 g/mol. The van der Waals surface area contributed by atoms with Gasteiger partial charge < -0.3 is 14.2 Å². The van der Waals surface area contributed by atoms with Crippen molar-refractivity contribution < 1.29 is 22.1 Å². The predicted octanol–water partition coefficient (Wildman–Crippen LogP) is 3.13. The number of benzene rings is 1. The van der Waals surface area contributed by atoms with E-state index >= 15 is 0 Å². The van der Waals surface area contributed by atoms with Gasteiger partial charge in [-0.3, -0.25) is 4.68 Å². The summed E-state index contributed by atoms with van der Waals surface area (Å²) in [5.41, 5.74) is 1.41. The SMILES string of the molecule is CC(C)c1noc(N2CCC(Oc3ncnc4c(-c5ccc(S(C)(=O)=O)cc5F)n(C)nc34)CC2)n1. The molecule has 0 N–H and O–H groups in total. The van der Waals surface area contributed by atoms with Crippen LogP contribution in [-0.4, -0.2) is 63.8 Å². The summed E-state index contributed by atoms with van der Waals surface area (Å²) in [5.74, 6) is 0.504. The Labute approximate surface area is 207 Å². The lowest BCUT2D eigenvalue weighted by atomic mass is 10.1. The Morgan fingerprint density at radius 1 is 1.17 bits per heavy atom. The molecule has 36 heavy (non-hydrogen) atoms. The fourth-order valence-electron chi connectivity index (χ4n) is 4.20. The minimum absolute atomic E-state index is 0.0961. The molecule has 4 heterocycles. The van der Waals surface area contributed by atoms with Gasteiger partial charge in [-0.2, -0.15) is 15.1 Å². The fraction of sp³-hybridized carbons (Fsp3) is 0.435. The molecule has 1 fully saturated rings. The normalized spacial score (nSPS) is 15.2. The van der Waals surface area contributed by atoms with E-state index in [-0.39, 0.29) is 22.5 Å². The molecule has 0 amide bonds. The first kappa shape index (κ1) is 24.1. The van der Waals surface area contributed by atoms with Gasteiger partial charge in [0.15, 0.2) is 21.2 Å². The van der Waals surface area contributed by atoms with Crippen molar-refractivity contribution in [2.24, 2.45) is 7.05 Å². The molecule has 13 heteroatoms. The molecule has 0 spiro atoms. The van der Waals surface area contributed by atoms with Crippen LogP contribution in [0.1, 0.15) is 38.4 Å². The van der Waals surface area contributed by atoms with Crippen molar-refractivity contribution in [3.63, 3.8) is 0 Å². The first-order chi connectivity index (χ1) is 17.1.